The Bertz CT molecular complexity index is 858. The molecular formula is C21H27N3O2S. The fraction of sp³-hybridized carbons (Fsp3) is 0.476. The Morgan fingerprint density at radius 1 is 1.04 bits per heavy atom. The average Bonchev–Trinajstić information content (AvgIpc) is 3.07. The van der Waals surface area contributed by atoms with Crippen LogP contribution in [0.4, 0.5) is 0 Å². The molecule has 1 aromatic heterocycles. The second kappa shape index (κ2) is 7.70. The van der Waals surface area contributed by atoms with Gasteiger partial charge in [0.25, 0.3) is 0 Å². The summed E-state index contributed by atoms with van der Waals surface area (Å²) >= 11 is 0. The Morgan fingerprint density at radius 3 is 2.59 bits per heavy atom. The predicted molar refractivity (Wildman–Crippen MR) is 106 cm³/mol. The van der Waals surface area contributed by atoms with Crippen LogP contribution in [0.1, 0.15) is 37.2 Å². The number of hydrogen-bond donors (Lipinski definition) is 0. The first-order valence-electron chi connectivity index (χ1n) is 9.76. The Hall–Kier alpha value is -1.76. The molecule has 0 unspecified atom stereocenters. The molecule has 0 radical (unpaired) electrons. The van der Waals surface area contributed by atoms with Crippen molar-refractivity contribution >= 4 is 10.0 Å². The molecule has 4 rings (SSSR count). The van der Waals surface area contributed by atoms with Crippen molar-refractivity contribution in [2.45, 2.75) is 48.6 Å². The highest BCUT2D eigenvalue weighted by Gasteiger charge is 2.49. The molecule has 2 saturated heterocycles. The number of pyridine rings is 1. The maximum absolute atomic E-state index is 13.4. The second-order valence-corrected chi connectivity index (χ2v) is 9.56. The van der Waals surface area contributed by atoms with Gasteiger partial charge < -0.3 is 4.90 Å². The first-order chi connectivity index (χ1) is 13.1. The van der Waals surface area contributed by atoms with Gasteiger partial charge >= 0.3 is 0 Å². The summed E-state index contributed by atoms with van der Waals surface area (Å²) in [6.07, 6.45) is 7.41. The minimum absolute atomic E-state index is 0.00529. The molecule has 0 amide bonds. The molecule has 144 valence electrons. The van der Waals surface area contributed by atoms with Crippen molar-refractivity contribution in [1.82, 2.24) is 14.2 Å². The zero-order valence-electron chi connectivity index (χ0n) is 15.7. The van der Waals surface area contributed by atoms with Gasteiger partial charge in [0.05, 0.1) is 0 Å². The van der Waals surface area contributed by atoms with Crippen LogP contribution in [-0.2, 0) is 10.0 Å². The van der Waals surface area contributed by atoms with Gasteiger partial charge in [-0.2, -0.15) is 4.31 Å². The number of sulfonamides is 1. The summed E-state index contributed by atoms with van der Waals surface area (Å²) in [7, 11) is -1.41. The van der Waals surface area contributed by atoms with E-state index in [-0.39, 0.29) is 18.0 Å². The lowest BCUT2D eigenvalue weighted by Crippen LogP contribution is -2.47. The van der Waals surface area contributed by atoms with Crippen molar-refractivity contribution < 1.29 is 8.42 Å². The minimum Gasteiger partial charge on any atom is -0.301 e. The molecule has 2 fully saturated rings. The Morgan fingerprint density at radius 2 is 1.85 bits per heavy atom. The molecular weight excluding hydrogens is 358 g/mol. The summed E-state index contributed by atoms with van der Waals surface area (Å²) in [5, 5.41) is 0. The molecule has 6 heteroatoms. The quantitative estimate of drug-likeness (QED) is 0.815. The van der Waals surface area contributed by atoms with Crippen LogP contribution in [0.2, 0.25) is 0 Å². The summed E-state index contributed by atoms with van der Waals surface area (Å²) in [6, 6.07) is 13.9. The van der Waals surface area contributed by atoms with E-state index in [9.17, 15) is 8.42 Å². The Labute approximate surface area is 162 Å². The zero-order valence-corrected chi connectivity index (χ0v) is 16.6. The minimum atomic E-state index is -3.56. The van der Waals surface area contributed by atoms with Gasteiger partial charge in [0, 0.05) is 36.9 Å². The van der Waals surface area contributed by atoms with E-state index in [4.69, 9.17) is 0 Å². The number of rotatable bonds is 3. The third-order valence-electron chi connectivity index (χ3n) is 6.04. The van der Waals surface area contributed by atoms with Crippen molar-refractivity contribution in [2.24, 2.45) is 0 Å². The molecule has 0 saturated carbocycles. The topological polar surface area (TPSA) is 53.5 Å². The van der Waals surface area contributed by atoms with Gasteiger partial charge in [-0.1, -0.05) is 43.2 Å². The van der Waals surface area contributed by atoms with E-state index in [0.717, 1.165) is 25.8 Å². The maximum Gasteiger partial charge on any atom is 0.244 e. The molecule has 2 aromatic rings. The van der Waals surface area contributed by atoms with E-state index < -0.39 is 10.0 Å². The zero-order chi connectivity index (χ0) is 18.9. The van der Waals surface area contributed by atoms with E-state index in [1.165, 1.54) is 18.2 Å². The van der Waals surface area contributed by atoms with Gasteiger partial charge in [0.15, 0.2) is 0 Å². The Balaban J connectivity index is 1.76. The lowest BCUT2D eigenvalue weighted by atomic mass is 9.87. The number of likely N-dealkylation sites (tertiary alicyclic amines) is 1. The lowest BCUT2D eigenvalue weighted by Gasteiger charge is -2.36. The van der Waals surface area contributed by atoms with Crippen molar-refractivity contribution in [3.8, 4) is 0 Å². The molecule has 3 atom stereocenters. The molecule has 1 aromatic carbocycles. The van der Waals surface area contributed by atoms with Crippen LogP contribution in [-0.4, -0.2) is 54.8 Å². The summed E-state index contributed by atoms with van der Waals surface area (Å²) in [6.45, 7) is 1.55. The van der Waals surface area contributed by atoms with E-state index in [1.54, 1.807) is 22.6 Å². The maximum atomic E-state index is 13.4. The smallest absolute Gasteiger partial charge is 0.244 e. The summed E-state index contributed by atoms with van der Waals surface area (Å²) in [4.78, 5) is 6.72. The largest absolute Gasteiger partial charge is 0.301 e. The molecule has 0 bridgehead atoms. The highest BCUT2D eigenvalue weighted by Crippen LogP contribution is 2.41. The van der Waals surface area contributed by atoms with E-state index >= 15 is 0 Å². The molecule has 5 nitrogen and oxygen atoms in total. The average molecular weight is 386 g/mol. The molecule has 0 N–H and O–H groups in total. The fourth-order valence-corrected chi connectivity index (χ4v) is 6.41. The summed E-state index contributed by atoms with van der Waals surface area (Å²) in [5.41, 5.74) is 1.23. The highest BCUT2D eigenvalue weighted by molar-refractivity contribution is 7.89. The van der Waals surface area contributed by atoms with Crippen LogP contribution in [0.15, 0.2) is 59.8 Å². The van der Waals surface area contributed by atoms with Crippen LogP contribution in [0.25, 0.3) is 0 Å². The SMILES string of the molecule is CN1CCCCC[C@@H]2[C@@H]1[C@H](c1ccccc1)CN2S(=O)(=O)c1cccnc1. The summed E-state index contributed by atoms with van der Waals surface area (Å²) < 4.78 is 28.6. The Kier molecular flexibility index (Phi) is 5.30. The molecule has 0 aliphatic carbocycles. The van der Waals surface area contributed by atoms with Crippen molar-refractivity contribution in [3.63, 3.8) is 0 Å². The molecule has 3 heterocycles. The fourth-order valence-electron chi connectivity index (χ4n) is 4.75. The van der Waals surface area contributed by atoms with Gasteiger partial charge in [0.1, 0.15) is 4.90 Å². The van der Waals surface area contributed by atoms with Crippen molar-refractivity contribution in [3.05, 3.63) is 60.4 Å². The van der Waals surface area contributed by atoms with Crippen molar-refractivity contribution in [1.29, 1.82) is 0 Å². The highest BCUT2D eigenvalue weighted by atomic mass is 32.2. The van der Waals surface area contributed by atoms with Crippen LogP contribution in [0.5, 0.6) is 0 Å². The normalized spacial score (nSPS) is 27.7. The van der Waals surface area contributed by atoms with Gasteiger partial charge in [-0.15, -0.1) is 0 Å². The molecule has 0 spiro atoms. The summed E-state index contributed by atoms with van der Waals surface area (Å²) in [5.74, 6) is 0.186. The first kappa shape index (κ1) is 18.6. The van der Waals surface area contributed by atoms with E-state index in [2.05, 4.69) is 29.1 Å². The van der Waals surface area contributed by atoms with Crippen LogP contribution >= 0.6 is 0 Å². The number of benzene rings is 1. The third-order valence-corrected chi connectivity index (χ3v) is 7.92. The standard InChI is InChI=1S/C21H27N3O2S/c1-23-14-7-3-6-12-20-21(23)19(17-9-4-2-5-10-17)16-24(20)27(25,26)18-11-8-13-22-15-18/h2,4-5,8-11,13,15,19-21H,3,6-7,12,14,16H2,1H3/t19-,20+,21-/m0/s1. The van der Waals surface area contributed by atoms with Gasteiger partial charge in [-0.05, 0) is 44.1 Å². The number of fused-ring (bicyclic) bond motifs is 1. The van der Waals surface area contributed by atoms with E-state index in [1.807, 2.05) is 18.2 Å². The van der Waals surface area contributed by atoms with Gasteiger partial charge in [-0.3, -0.25) is 4.98 Å². The van der Waals surface area contributed by atoms with Crippen molar-refractivity contribution in [2.75, 3.05) is 20.1 Å². The molecule has 2 aliphatic rings. The third kappa shape index (κ3) is 3.53. The van der Waals surface area contributed by atoms with Gasteiger partial charge in [0.2, 0.25) is 10.0 Å². The van der Waals surface area contributed by atoms with E-state index in [0.29, 0.717) is 11.4 Å². The predicted octanol–water partition coefficient (Wildman–Crippen LogP) is 3.11. The van der Waals surface area contributed by atoms with Crippen LogP contribution in [0.3, 0.4) is 0 Å². The number of aromatic nitrogens is 1. The number of nitrogens with zero attached hydrogens (tertiary/aromatic N) is 3. The number of likely N-dealkylation sites (N-methyl/N-ethyl adjacent to an activating group) is 1. The first-order valence-corrected chi connectivity index (χ1v) is 11.2. The monoisotopic (exact) mass is 385 g/mol. The molecule has 2 aliphatic heterocycles. The van der Waals surface area contributed by atoms with Crippen LogP contribution in [0, 0.1) is 0 Å². The number of hydrogen-bond acceptors (Lipinski definition) is 4. The lowest BCUT2D eigenvalue weighted by molar-refractivity contribution is 0.167. The van der Waals surface area contributed by atoms with Gasteiger partial charge in [-0.25, -0.2) is 8.42 Å². The van der Waals surface area contributed by atoms with Crippen LogP contribution < -0.4 is 0 Å². The molecule has 27 heavy (non-hydrogen) atoms. The second-order valence-electron chi connectivity index (χ2n) is 7.67.